The summed E-state index contributed by atoms with van der Waals surface area (Å²) in [6.45, 7) is 4.64. The van der Waals surface area contributed by atoms with E-state index in [1.54, 1.807) is 6.21 Å². The number of hydrogen-bond acceptors (Lipinski definition) is 2. The molecule has 13 heavy (non-hydrogen) atoms. The zero-order valence-electron chi connectivity index (χ0n) is 8.16. The maximum Gasteiger partial charge on any atom is 0.114 e. The van der Waals surface area contributed by atoms with E-state index in [4.69, 9.17) is 4.84 Å². The second kappa shape index (κ2) is 5.36. The van der Waals surface area contributed by atoms with Gasteiger partial charge in [0.15, 0.2) is 0 Å². The lowest BCUT2D eigenvalue weighted by Crippen LogP contribution is -1.88. The second-order valence-corrected chi connectivity index (χ2v) is 2.90. The van der Waals surface area contributed by atoms with Gasteiger partial charge in [0, 0.05) is 12.6 Å². The average Bonchev–Trinajstić information content (AvgIpc) is 2.13. The molecule has 0 amide bonds. The standard InChI is InChI=1S/C11H15NO/c1-3-13-12-8-7-11-6-4-5-10(2)9-11/h4-6,8-9H,3,7H2,1-2H3. The fourth-order valence-corrected chi connectivity index (χ4v) is 1.11. The minimum absolute atomic E-state index is 0.629. The minimum atomic E-state index is 0.629. The topological polar surface area (TPSA) is 21.6 Å². The van der Waals surface area contributed by atoms with E-state index < -0.39 is 0 Å². The van der Waals surface area contributed by atoms with Crippen molar-refractivity contribution in [2.45, 2.75) is 20.3 Å². The lowest BCUT2D eigenvalue weighted by Gasteiger charge is -1.97. The van der Waals surface area contributed by atoms with Crippen LogP contribution in [0.1, 0.15) is 18.1 Å². The first kappa shape index (κ1) is 9.78. The average molecular weight is 177 g/mol. The monoisotopic (exact) mass is 177 g/mol. The van der Waals surface area contributed by atoms with Crippen LogP contribution in [0.3, 0.4) is 0 Å². The molecule has 2 heteroatoms. The summed E-state index contributed by atoms with van der Waals surface area (Å²) in [5, 5.41) is 3.79. The van der Waals surface area contributed by atoms with Crippen molar-refractivity contribution < 1.29 is 4.84 Å². The molecule has 0 fully saturated rings. The molecule has 0 spiro atoms. The van der Waals surface area contributed by atoms with Gasteiger partial charge in [-0.2, -0.15) is 0 Å². The van der Waals surface area contributed by atoms with E-state index in [9.17, 15) is 0 Å². The molecule has 70 valence electrons. The summed E-state index contributed by atoms with van der Waals surface area (Å²) in [5.74, 6) is 0. The summed E-state index contributed by atoms with van der Waals surface area (Å²) >= 11 is 0. The minimum Gasteiger partial charge on any atom is -0.396 e. The maximum atomic E-state index is 4.85. The highest BCUT2D eigenvalue weighted by atomic mass is 16.6. The molecule has 2 nitrogen and oxygen atoms in total. The molecule has 0 radical (unpaired) electrons. The third-order valence-electron chi connectivity index (χ3n) is 1.69. The van der Waals surface area contributed by atoms with Crippen molar-refractivity contribution in [1.82, 2.24) is 0 Å². The zero-order valence-corrected chi connectivity index (χ0v) is 8.16. The Balaban J connectivity index is 2.45. The van der Waals surface area contributed by atoms with Gasteiger partial charge < -0.3 is 4.84 Å². The van der Waals surface area contributed by atoms with Crippen molar-refractivity contribution in [1.29, 1.82) is 0 Å². The van der Waals surface area contributed by atoms with E-state index in [1.165, 1.54) is 11.1 Å². The van der Waals surface area contributed by atoms with Gasteiger partial charge in [-0.3, -0.25) is 0 Å². The number of oxime groups is 1. The van der Waals surface area contributed by atoms with Crippen molar-refractivity contribution in [2.75, 3.05) is 6.61 Å². The van der Waals surface area contributed by atoms with Crippen LogP contribution in [0, 0.1) is 6.92 Å². The summed E-state index contributed by atoms with van der Waals surface area (Å²) in [4.78, 5) is 4.85. The van der Waals surface area contributed by atoms with Crippen LogP contribution < -0.4 is 0 Å². The molecule has 0 aliphatic rings. The summed E-state index contributed by atoms with van der Waals surface area (Å²) < 4.78 is 0. The van der Waals surface area contributed by atoms with Gasteiger partial charge in [-0.25, -0.2) is 0 Å². The van der Waals surface area contributed by atoms with Crippen LogP contribution in [0.2, 0.25) is 0 Å². The molecule has 0 aromatic heterocycles. The van der Waals surface area contributed by atoms with Crippen LogP contribution in [-0.4, -0.2) is 12.8 Å². The van der Waals surface area contributed by atoms with E-state index >= 15 is 0 Å². The molecule has 0 saturated carbocycles. The highest BCUT2D eigenvalue weighted by Gasteiger charge is 1.89. The molecule has 0 bridgehead atoms. The highest BCUT2D eigenvalue weighted by molar-refractivity contribution is 5.60. The van der Waals surface area contributed by atoms with Crippen molar-refractivity contribution >= 4 is 6.21 Å². The van der Waals surface area contributed by atoms with E-state index in [0.717, 1.165) is 6.42 Å². The normalized spacial score (nSPS) is 10.6. The number of nitrogens with zero attached hydrogens (tertiary/aromatic N) is 1. The molecule has 0 heterocycles. The molecule has 0 saturated heterocycles. The van der Waals surface area contributed by atoms with E-state index in [-0.39, 0.29) is 0 Å². The predicted molar refractivity (Wildman–Crippen MR) is 55.0 cm³/mol. The molecular formula is C11H15NO. The van der Waals surface area contributed by atoms with Gasteiger partial charge in [0.25, 0.3) is 0 Å². The van der Waals surface area contributed by atoms with E-state index in [1.807, 2.05) is 6.92 Å². The Bertz CT molecular complexity index is 281. The Hall–Kier alpha value is -1.31. The van der Waals surface area contributed by atoms with Crippen LogP contribution in [0.15, 0.2) is 29.4 Å². The predicted octanol–water partition coefficient (Wildman–Crippen LogP) is 2.56. The zero-order chi connectivity index (χ0) is 9.52. The van der Waals surface area contributed by atoms with Gasteiger partial charge in [-0.15, -0.1) is 0 Å². The van der Waals surface area contributed by atoms with Gasteiger partial charge >= 0.3 is 0 Å². The van der Waals surface area contributed by atoms with E-state index in [0.29, 0.717) is 6.61 Å². The Kier molecular flexibility index (Phi) is 4.03. The van der Waals surface area contributed by atoms with Crippen molar-refractivity contribution in [3.63, 3.8) is 0 Å². The lowest BCUT2D eigenvalue weighted by atomic mass is 10.1. The highest BCUT2D eigenvalue weighted by Crippen LogP contribution is 2.03. The Labute approximate surface area is 79.2 Å². The molecule has 1 rings (SSSR count). The SMILES string of the molecule is CCON=CCc1cccc(C)c1. The first-order chi connectivity index (χ1) is 6.33. The first-order valence-corrected chi connectivity index (χ1v) is 4.52. The molecular weight excluding hydrogens is 162 g/mol. The summed E-state index contributed by atoms with van der Waals surface area (Å²) in [6, 6.07) is 8.38. The van der Waals surface area contributed by atoms with Crippen LogP contribution in [-0.2, 0) is 11.3 Å². The Morgan fingerprint density at radius 2 is 2.31 bits per heavy atom. The molecule has 0 unspecified atom stereocenters. The fourth-order valence-electron chi connectivity index (χ4n) is 1.11. The third kappa shape index (κ3) is 3.74. The van der Waals surface area contributed by atoms with Gasteiger partial charge in [0.2, 0.25) is 0 Å². The van der Waals surface area contributed by atoms with Crippen LogP contribution in [0.4, 0.5) is 0 Å². The largest absolute Gasteiger partial charge is 0.396 e. The Morgan fingerprint density at radius 1 is 1.46 bits per heavy atom. The lowest BCUT2D eigenvalue weighted by molar-refractivity contribution is 0.160. The molecule has 0 atom stereocenters. The van der Waals surface area contributed by atoms with Crippen molar-refractivity contribution in [3.05, 3.63) is 35.4 Å². The second-order valence-electron chi connectivity index (χ2n) is 2.90. The quantitative estimate of drug-likeness (QED) is 0.511. The molecule has 0 aliphatic carbocycles. The van der Waals surface area contributed by atoms with Crippen molar-refractivity contribution in [3.8, 4) is 0 Å². The molecule has 1 aromatic rings. The van der Waals surface area contributed by atoms with Gasteiger partial charge in [0.05, 0.1) is 0 Å². The molecule has 1 aromatic carbocycles. The fraction of sp³-hybridized carbons (Fsp3) is 0.364. The molecule has 0 N–H and O–H groups in total. The van der Waals surface area contributed by atoms with Crippen LogP contribution in [0.5, 0.6) is 0 Å². The number of aryl methyl sites for hydroxylation is 1. The van der Waals surface area contributed by atoms with Gasteiger partial charge in [0.1, 0.15) is 6.61 Å². The molecule has 0 aliphatic heterocycles. The third-order valence-corrected chi connectivity index (χ3v) is 1.69. The van der Waals surface area contributed by atoms with Gasteiger partial charge in [-0.05, 0) is 19.4 Å². The van der Waals surface area contributed by atoms with Crippen LogP contribution >= 0.6 is 0 Å². The Morgan fingerprint density at radius 3 is 3.00 bits per heavy atom. The first-order valence-electron chi connectivity index (χ1n) is 4.52. The maximum absolute atomic E-state index is 4.85. The number of rotatable bonds is 4. The van der Waals surface area contributed by atoms with Crippen molar-refractivity contribution in [2.24, 2.45) is 5.16 Å². The smallest absolute Gasteiger partial charge is 0.114 e. The summed E-state index contributed by atoms with van der Waals surface area (Å²) in [6.07, 6.45) is 2.62. The van der Waals surface area contributed by atoms with Crippen LogP contribution in [0.25, 0.3) is 0 Å². The number of hydrogen-bond donors (Lipinski definition) is 0. The van der Waals surface area contributed by atoms with Gasteiger partial charge in [-0.1, -0.05) is 35.0 Å². The number of benzene rings is 1. The summed E-state index contributed by atoms with van der Waals surface area (Å²) in [7, 11) is 0. The van der Waals surface area contributed by atoms with E-state index in [2.05, 4.69) is 36.3 Å². The summed E-state index contributed by atoms with van der Waals surface area (Å²) in [5.41, 5.74) is 2.55.